The zero-order valence-electron chi connectivity index (χ0n) is 16.5. The van der Waals surface area contributed by atoms with Gasteiger partial charge in [0, 0.05) is 29.2 Å². The fourth-order valence-electron chi connectivity index (χ4n) is 4.35. The van der Waals surface area contributed by atoms with Crippen LogP contribution >= 0.6 is 0 Å². The van der Waals surface area contributed by atoms with Crippen molar-refractivity contribution in [3.63, 3.8) is 0 Å². The number of dihydropyridines is 1. The van der Waals surface area contributed by atoms with Crippen molar-refractivity contribution in [2.45, 2.75) is 39.5 Å². The quantitative estimate of drug-likeness (QED) is 0.792. The summed E-state index contributed by atoms with van der Waals surface area (Å²) in [5.74, 6) is 0.123. The Labute approximate surface area is 165 Å². The predicted molar refractivity (Wildman–Crippen MR) is 110 cm³/mol. The Morgan fingerprint density at radius 3 is 2.29 bits per heavy atom. The van der Waals surface area contributed by atoms with Crippen LogP contribution in [0.25, 0.3) is 5.57 Å². The number of hydrogen-bond acceptors (Lipinski definition) is 3. The summed E-state index contributed by atoms with van der Waals surface area (Å²) in [5, 5.41) is 3.30. The summed E-state index contributed by atoms with van der Waals surface area (Å²) in [6, 6.07) is 14.5. The van der Waals surface area contributed by atoms with Crippen LogP contribution in [0.4, 0.5) is 4.39 Å². The summed E-state index contributed by atoms with van der Waals surface area (Å²) in [4.78, 5) is 13.2. The maximum Gasteiger partial charge on any atom is 0.162 e. The number of aryl methyl sites for hydroxylation is 1. The Hall–Kier alpha value is -2.88. The highest BCUT2D eigenvalue weighted by Crippen LogP contribution is 2.48. The highest BCUT2D eigenvalue weighted by atomic mass is 19.1. The van der Waals surface area contributed by atoms with Crippen LogP contribution in [0.2, 0.25) is 0 Å². The van der Waals surface area contributed by atoms with Gasteiger partial charge in [0.2, 0.25) is 0 Å². The van der Waals surface area contributed by atoms with E-state index >= 15 is 0 Å². The molecule has 3 nitrogen and oxygen atoms in total. The number of Topliss-reactive ketones (excluding diaryl/α,β-unsaturated/α-hetero) is 1. The molecule has 28 heavy (non-hydrogen) atoms. The molecule has 0 saturated heterocycles. The van der Waals surface area contributed by atoms with Crippen LogP contribution in [-0.4, -0.2) is 5.78 Å². The smallest absolute Gasteiger partial charge is 0.162 e. The number of rotatable bonds is 2. The average Bonchev–Trinajstić information content (AvgIpc) is 2.61. The summed E-state index contributed by atoms with van der Waals surface area (Å²) in [5.41, 5.74) is 11.9. The van der Waals surface area contributed by atoms with Gasteiger partial charge in [-0.2, -0.15) is 0 Å². The molecule has 0 aromatic heterocycles. The van der Waals surface area contributed by atoms with Gasteiger partial charge in [-0.1, -0.05) is 55.8 Å². The number of nitrogens with one attached hydrogen (secondary N) is 1. The van der Waals surface area contributed by atoms with E-state index in [9.17, 15) is 9.18 Å². The van der Waals surface area contributed by atoms with Crippen LogP contribution in [0.1, 0.15) is 49.3 Å². The number of ketones is 1. The molecule has 2 aromatic rings. The van der Waals surface area contributed by atoms with Crippen LogP contribution < -0.4 is 11.1 Å². The Morgan fingerprint density at radius 1 is 1.00 bits per heavy atom. The lowest BCUT2D eigenvalue weighted by molar-refractivity contribution is -0.118. The number of nitrogens with two attached hydrogens (primary N) is 1. The summed E-state index contributed by atoms with van der Waals surface area (Å²) >= 11 is 0. The summed E-state index contributed by atoms with van der Waals surface area (Å²) in [7, 11) is 0. The van der Waals surface area contributed by atoms with Gasteiger partial charge in [0.15, 0.2) is 5.78 Å². The Balaban J connectivity index is 1.91. The Bertz CT molecular complexity index is 998. The van der Waals surface area contributed by atoms with Crippen LogP contribution in [0.3, 0.4) is 0 Å². The van der Waals surface area contributed by atoms with Gasteiger partial charge in [-0.15, -0.1) is 0 Å². The largest absolute Gasteiger partial charge is 0.385 e. The molecule has 1 unspecified atom stereocenters. The fraction of sp³-hybridized carbons (Fsp3) is 0.292. The molecule has 0 saturated carbocycles. The van der Waals surface area contributed by atoms with Gasteiger partial charge in [0.25, 0.3) is 0 Å². The van der Waals surface area contributed by atoms with Crippen molar-refractivity contribution in [1.29, 1.82) is 0 Å². The van der Waals surface area contributed by atoms with E-state index in [4.69, 9.17) is 5.73 Å². The lowest BCUT2D eigenvalue weighted by Gasteiger charge is -2.40. The van der Waals surface area contributed by atoms with Gasteiger partial charge in [0.1, 0.15) is 11.6 Å². The minimum Gasteiger partial charge on any atom is -0.385 e. The van der Waals surface area contributed by atoms with Gasteiger partial charge in [0.05, 0.1) is 0 Å². The van der Waals surface area contributed by atoms with Crippen LogP contribution in [-0.2, 0) is 4.79 Å². The van der Waals surface area contributed by atoms with Crippen molar-refractivity contribution < 1.29 is 9.18 Å². The molecule has 0 bridgehead atoms. The van der Waals surface area contributed by atoms with Gasteiger partial charge in [-0.3, -0.25) is 4.79 Å². The standard InChI is InChI=1S/C24H25FN2O/c1-14-4-6-15(7-5-14)20-21(16-8-10-17(25)11-9-16)23(26)27-18-12-24(2,3)13-19(28)22(18)20/h4-11,20,27H,12-13,26H2,1-3H3. The summed E-state index contributed by atoms with van der Waals surface area (Å²) in [6.07, 6.45) is 1.28. The Morgan fingerprint density at radius 2 is 1.64 bits per heavy atom. The second-order valence-electron chi connectivity index (χ2n) is 8.64. The lowest BCUT2D eigenvalue weighted by Crippen LogP contribution is -2.39. The molecule has 0 fully saturated rings. The molecular formula is C24H25FN2O. The average molecular weight is 376 g/mol. The van der Waals surface area contributed by atoms with Crippen LogP contribution in [0, 0.1) is 18.2 Å². The van der Waals surface area contributed by atoms with Crippen LogP contribution in [0.5, 0.6) is 0 Å². The van der Waals surface area contributed by atoms with Crippen molar-refractivity contribution in [3.05, 3.63) is 88.1 Å². The zero-order chi connectivity index (χ0) is 20.1. The van der Waals surface area contributed by atoms with E-state index in [0.717, 1.165) is 40.0 Å². The third kappa shape index (κ3) is 3.24. The van der Waals surface area contributed by atoms with Gasteiger partial charge in [-0.05, 0) is 42.0 Å². The first kappa shape index (κ1) is 18.5. The molecular weight excluding hydrogens is 351 g/mol. The number of hydrogen-bond donors (Lipinski definition) is 2. The van der Waals surface area contributed by atoms with E-state index in [2.05, 4.69) is 31.3 Å². The zero-order valence-corrected chi connectivity index (χ0v) is 16.5. The highest BCUT2D eigenvalue weighted by Gasteiger charge is 2.41. The number of carbonyl (C=O) groups is 1. The molecule has 1 aliphatic heterocycles. The van der Waals surface area contributed by atoms with Crippen molar-refractivity contribution >= 4 is 11.4 Å². The molecule has 1 atom stereocenters. The van der Waals surface area contributed by atoms with Gasteiger partial charge < -0.3 is 11.1 Å². The minimum atomic E-state index is -0.297. The number of carbonyl (C=O) groups excluding carboxylic acids is 1. The van der Waals surface area contributed by atoms with E-state index < -0.39 is 0 Å². The predicted octanol–water partition coefficient (Wildman–Crippen LogP) is 4.79. The van der Waals surface area contributed by atoms with E-state index in [1.165, 1.54) is 12.1 Å². The fourth-order valence-corrected chi connectivity index (χ4v) is 4.35. The Kier molecular flexibility index (Phi) is 4.37. The van der Waals surface area contributed by atoms with E-state index in [0.29, 0.717) is 12.2 Å². The molecule has 0 spiro atoms. The topological polar surface area (TPSA) is 55.1 Å². The molecule has 144 valence electrons. The molecule has 4 rings (SSSR count). The highest BCUT2D eigenvalue weighted by molar-refractivity contribution is 6.03. The lowest BCUT2D eigenvalue weighted by atomic mass is 9.68. The van der Waals surface area contributed by atoms with E-state index in [1.807, 2.05) is 19.1 Å². The molecule has 1 aliphatic carbocycles. The third-order valence-corrected chi connectivity index (χ3v) is 5.64. The van der Waals surface area contributed by atoms with Crippen molar-refractivity contribution in [3.8, 4) is 0 Å². The number of allylic oxidation sites excluding steroid dienone is 3. The van der Waals surface area contributed by atoms with Gasteiger partial charge >= 0.3 is 0 Å². The monoisotopic (exact) mass is 376 g/mol. The first-order valence-electron chi connectivity index (χ1n) is 9.60. The molecule has 1 heterocycles. The molecule has 2 aliphatic rings. The molecule has 0 radical (unpaired) electrons. The van der Waals surface area contributed by atoms with E-state index in [1.54, 1.807) is 12.1 Å². The second-order valence-corrected chi connectivity index (χ2v) is 8.64. The maximum atomic E-state index is 13.5. The summed E-state index contributed by atoms with van der Waals surface area (Å²) < 4.78 is 13.5. The normalized spacial score (nSPS) is 21.4. The second kappa shape index (κ2) is 6.62. The van der Waals surface area contributed by atoms with Gasteiger partial charge in [-0.25, -0.2) is 4.39 Å². The van der Waals surface area contributed by atoms with E-state index in [-0.39, 0.29) is 22.9 Å². The number of benzene rings is 2. The SMILES string of the molecule is Cc1ccc(C2C3=C(CC(C)(C)CC3=O)NC(N)=C2c2ccc(F)cc2)cc1. The van der Waals surface area contributed by atoms with Crippen molar-refractivity contribution in [2.24, 2.45) is 11.1 Å². The third-order valence-electron chi connectivity index (χ3n) is 5.64. The first-order chi connectivity index (χ1) is 13.2. The first-order valence-corrected chi connectivity index (χ1v) is 9.60. The van der Waals surface area contributed by atoms with Crippen molar-refractivity contribution in [1.82, 2.24) is 5.32 Å². The molecule has 2 aromatic carbocycles. The summed E-state index contributed by atoms with van der Waals surface area (Å²) in [6.45, 7) is 6.25. The molecule has 3 N–H and O–H groups in total. The van der Waals surface area contributed by atoms with Crippen molar-refractivity contribution in [2.75, 3.05) is 0 Å². The molecule has 4 heteroatoms. The number of halogens is 1. The molecule has 0 amide bonds. The minimum absolute atomic E-state index is 0.103. The maximum absolute atomic E-state index is 13.5. The van der Waals surface area contributed by atoms with Crippen LogP contribution in [0.15, 0.2) is 65.6 Å².